The molecule has 0 radical (unpaired) electrons. The van der Waals surface area contributed by atoms with Crippen LogP contribution in [0.25, 0.3) is 5.76 Å². The molecule has 1 aliphatic heterocycles. The largest absolute Gasteiger partial charge is 0.507 e. The van der Waals surface area contributed by atoms with E-state index in [1.54, 1.807) is 31.4 Å². The van der Waals surface area contributed by atoms with E-state index in [0.717, 1.165) is 15.0 Å². The van der Waals surface area contributed by atoms with Gasteiger partial charge >= 0.3 is 5.91 Å². The number of anilines is 1. The Kier molecular flexibility index (Phi) is 5.68. The molecule has 1 amide bonds. The number of halogens is 1. The van der Waals surface area contributed by atoms with Gasteiger partial charge in [0.15, 0.2) is 5.13 Å². The number of carbonyl (C=O) groups excluding carboxylic acids is 2. The number of methoxy groups -OCH3 is 1. The first-order chi connectivity index (χ1) is 14.8. The van der Waals surface area contributed by atoms with Crippen molar-refractivity contribution in [2.45, 2.75) is 19.9 Å². The third kappa shape index (κ3) is 3.77. The van der Waals surface area contributed by atoms with Crippen LogP contribution >= 0.6 is 27.3 Å². The highest BCUT2D eigenvalue weighted by Gasteiger charge is 2.48. The number of aryl methyl sites for hydroxylation is 2. The lowest BCUT2D eigenvalue weighted by Crippen LogP contribution is -2.29. The number of carbonyl (C=O) groups is 2. The summed E-state index contributed by atoms with van der Waals surface area (Å²) in [5.41, 5.74) is 1.93. The van der Waals surface area contributed by atoms with Crippen molar-refractivity contribution >= 4 is 49.8 Å². The second kappa shape index (κ2) is 8.28. The second-order valence-corrected chi connectivity index (χ2v) is 9.19. The lowest BCUT2D eigenvalue weighted by atomic mass is 9.95. The van der Waals surface area contributed by atoms with Crippen molar-refractivity contribution in [1.29, 1.82) is 0 Å². The van der Waals surface area contributed by atoms with E-state index >= 15 is 0 Å². The zero-order valence-corrected chi connectivity index (χ0v) is 19.5. The van der Waals surface area contributed by atoms with E-state index in [1.165, 1.54) is 16.2 Å². The molecule has 1 atom stereocenters. The molecule has 31 heavy (non-hydrogen) atoms. The molecule has 0 unspecified atom stereocenters. The standard InChI is InChI=1S/C23H19BrN2O4S/c1-12-13(2)31-23(25-12)26-19(15-5-4-6-16(24)11-15)18(21(28)22(26)29)20(27)14-7-9-17(30-3)10-8-14/h4-11,19,27H,1-3H3/b20-18+/t19-/m1/s1. The third-order valence-electron chi connectivity index (χ3n) is 5.20. The van der Waals surface area contributed by atoms with Crippen LogP contribution in [-0.4, -0.2) is 28.9 Å². The van der Waals surface area contributed by atoms with Crippen molar-refractivity contribution in [3.8, 4) is 5.75 Å². The molecule has 2 heterocycles. The molecular weight excluding hydrogens is 480 g/mol. The summed E-state index contributed by atoms with van der Waals surface area (Å²) < 4.78 is 5.96. The average Bonchev–Trinajstić information content (AvgIpc) is 3.23. The zero-order valence-electron chi connectivity index (χ0n) is 17.0. The van der Waals surface area contributed by atoms with Crippen molar-refractivity contribution in [1.82, 2.24) is 4.98 Å². The molecule has 1 fully saturated rings. The maximum Gasteiger partial charge on any atom is 0.301 e. The van der Waals surface area contributed by atoms with Crippen LogP contribution < -0.4 is 9.64 Å². The summed E-state index contributed by atoms with van der Waals surface area (Å²) in [6, 6.07) is 13.2. The van der Waals surface area contributed by atoms with E-state index in [1.807, 2.05) is 38.1 Å². The van der Waals surface area contributed by atoms with Gasteiger partial charge in [0, 0.05) is 14.9 Å². The summed E-state index contributed by atoms with van der Waals surface area (Å²) >= 11 is 4.80. The molecule has 0 aliphatic carbocycles. The molecule has 0 spiro atoms. The molecular formula is C23H19BrN2O4S. The number of amides is 1. The SMILES string of the molecule is COc1ccc(/C(O)=C2\C(=O)C(=O)N(c3nc(C)c(C)s3)[C@@H]2c2cccc(Br)c2)cc1. The average molecular weight is 499 g/mol. The quantitative estimate of drug-likeness (QED) is 0.305. The summed E-state index contributed by atoms with van der Waals surface area (Å²) in [6.45, 7) is 3.77. The van der Waals surface area contributed by atoms with Gasteiger partial charge in [-0.25, -0.2) is 4.98 Å². The summed E-state index contributed by atoms with van der Waals surface area (Å²) in [7, 11) is 1.55. The predicted octanol–water partition coefficient (Wildman–Crippen LogP) is 5.16. The number of aromatic nitrogens is 1. The monoisotopic (exact) mass is 498 g/mol. The van der Waals surface area contributed by atoms with Gasteiger partial charge in [-0.3, -0.25) is 14.5 Å². The Morgan fingerprint density at radius 3 is 2.45 bits per heavy atom. The van der Waals surface area contributed by atoms with Gasteiger partial charge in [-0.1, -0.05) is 28.1 Å². The van der Waals surface area contributed by atoms with Crippen LogP contribution in [0.3, 0.4) is 0 Å². The van der Waals surface area contributed by atoms with Crippen LogP contribution in [-0.2, 0) is 9.59 Å². The number of rotatable bonds is 4. The fourth-order valence-corrected chi connectivity index (χ4v) is 4.84. The van der Waals surface area contributed by atoms with E-state index in [9.17, 15) is 14.7 Å². The van der Waals surface area contributed by atoms with E-state index < -0.39 is 17.7 Å². The maximum absolute atomic E-state index is 13.1. The van der Waals surface area contributed by atoms with Gasteiger partial charge in [0.1, 0.15) is 11.5 Å². The maximum atomic E-state index is 13.1. The van der Waals surface area contributed by atoms with Gasteiger partial charge in [-0.05, 0) is 55.8 Å². The topological polar surface area (TPSA) is 79.7 Å². The van der Waals surface area contributed by atoms with Crippen molar-refractivity contribution < 1.29 is 19.4 Å². The Hall–Kier alpha value is -2.97. The minimum atomic E-state index is -0.801. The number of nitrogens with zero attached hydrogens (tertiary/aromatic N) is 2. The van der Waals surface area contributed by atoms with Crippen LogP contribution in [0.5, 0.6) is 5.75 Å². The summed E-state index contributed by atoms with van der Waals surface area (Å²) in [5.74, 6) is -1.08. The number of aliphatic hydroxyl groups excluding tert-OH is 1. The summed E-state index contributed by atoms with van der Waals surface area (Å²) in [6.07, 6.45) is 0. The molecule has 8 heteroatoms. The Morgan fingerprint density at radius 1 is 1.16 bits per heavy atom. The van der Waals surface area contributed by atoms with Crippen LogP contribution in [0.4, 0.5) is 5.13 Å². The zero-order chi connectivity index (χ0) is 22.3. The molecule has 0 bridgehead atoms. The van der Waals surface area contributed by atoms with Gasteiger partial charge < -0.3 is 9.84 Å². The molecule has 158 valence electrons. The van der Waals surface area contributed by atoms with Crippen molar-refractivity contribution in [3.63, 3.8) is 0 Å². The lowest BCUT2D eigenvalue weighted by Gasteiger charge is -2.23. The summed E-state index contributed by atoms with van der Waals surface area (Å²) in [4.78, 5) is 33.1. The predicted molar refractivity (Wildman–Crippen MR) is 124 cm³/mol. The Bertz CT molecular complexity index is 1200. The normalized spacial score (nSPS) is 17.9. The van der Waals surface area contributed by atoms with Crippen LogP contribution in [0.15, 0.2) is 58.6 Å². The number of benzene rings is 2. The van der Waals surface area contributed by atoms with Crippen molar-refractivity contribution in [3.05, 3.63) is 80.3 Å². The number of ketones is 1. The highest BCUT2D eigenvalue weighted by Crippen LogP contribution is 2.44. The number of thiazole rings is 1. The number of hydrogen-bond acceptors (Lipinski definition) is 6. The second-order valence-electron chi connectivity index (χ2n) is 7.09. The van der Waals surface area contributed by atoms with Crippen molar-refractivity contribution in [2.75, 3.05) is 12.0 Å². The number of Topliss-reactive ketones (excluding diaryl/α,β-unsaturated/α-hetero) is 1. The van der Waals surface area contributed by atoms with E-state index in [2.05, 4.69) is 20.9 Å². The van der Waals surface area contributed by atoms with Gasteiger partial charge in [0.25, 0.3) is 5.78 Å². The Labute approximate surface area is 191 Å². The molecule has 1 saturated heterocycles. The Morgan fingerprint density at radius 2 is 1.87 bits per heavy atom. The fraction of sp³-hybridized carbons (Fsp3) is 0.174. The minimum Gasteiger partial charge on any atom is -0.507 e. The number of ether oxygens (including phenoxy) is 1. The van der Waals surface area contributed by atoms with E-state index in [4.69, 9.17) is 4.74 Å². The highest BCUT2D eigenvalue weighted by molar-refractivity contribution is 9.10. The molecule has 0 saturated carbocycles. The molecule has 1 aliphatic rings. The highest BCUT2D eigenvalue weighted by atomic mass is 79.9. The minimum absolute atomic E-state index is 0.0266. The van der Waals surface area contributed by atoms with Crippen molar-refractivity contribution in [2.24, 2.45) is 0 Å². The molecule has 4 rings (SSSR count). The molecule has 1 aromatic heterocycles. The Balaban J connectivity index is 1.93. The first-order valence-corrected chi connectivity index (χ1v) is 11.1. The molecule has 3 aromatic rings. The van der Waals surface area contributed by atoms with Gasteiger partial charge in [-0.15, -0.1) is 11.3 Å². The van der Waals surface area contributed by atoms with Gasteiger partial charge in [-0.2, -0.15) is 0 Å². The van der Waals surface area contributed by atoms with Gasteiger partial charge in [0.2, 0.25) is 0 Å². The smallest absolute Gasteiger partial charge is 0.301 e. The number of aliphatic hydroxyl groups is 1. The van der Waals surface area contributed by atoms with Crippen LogP contribution in [0.1, 0.15) is 27.7 Å². The van der Waals surface area contributed by atoms with E-state index in [0.29, 0.717) is 22.0 Å². The third-order valence-corrected chi connectivity index (χ3v) is 6.76. The lowest BCUT2D eigenvalue weighted by molar-refractivity contribution is -0.132. The summed E-state index contributed by atoms with van der Waals surface area (Å²) in [5, 5.41) is 11.5. The molecule has 2 aromatic carbocycles. The van der Waals surface area contributed by atoms with Crippen LogP contribution in [0, 0.1) is 13.8 Å². The molecule has 6 nitrogen and oxygen atoms in total. The number of hydrogen-bond donors (Lipinski definition) is 1. The first kappa shape index (κ1) is 21.3. The van der Waals surface area contributed by atoms with Gasteiger partial charge in [0.05, 0.1) is 24.4 Å². The molecule has 1 N–H and O–H groups in total. The fourth-order valence-electron chi connectivity index (χ4n) is 3.49. The van der Waals surface area contributed by atoms with E-state index in [-0.39, 0.29) is 11.3 Å². The first-order valence-electron chi connectivity index (χ1n) is 9.46. The van der Waals surface area contributed by atoms with Crippen LogP contribution in [0.2, 0.25) is 0 Å².